The molecule has 0 amide bonds. The minimum Gasteiger partial charge on any atom is -0.431 e. The summed E-state index contributed by atoms with van der Waals surface area (Å²) in [4.78, 5) is 36.9. The molecule has 6 rings (SSSR count). The molecule has 5 heteroatoms. The number of fused-ring (bicyclic) bond motifs is 3. The molecule has 8 atom stereocenters. The number of epoxide rings is 1. The Morgan fingerprint density at radius 1 is 1.00 bits per heavy atom. The summed E-state index contributed by atoms with van der Waals surface area (Å²) < 4.78 is 11.5. The van der Waals surface area contributed by atoms with Crippen LogP contribution in [0.15, 0.2) is 27.6 Å². The molecule has 1 aromatic rings. The van der Waals surface area contributed by atoms with E-state index in [0.717, 1.165) is 44.1 Å². The molecule has 4 saturated carbocycles. The minimum atomic E-state index is -0.387. The Kier molecular flexibility index (Phi) is 3.41. The fourth-order valence-electron chi connectivity index (χ4n) is 8.35. The average molecular weight is 396 g/mol. The predicted molar refractivity (Wildman–Crippen MR) is 104 cm³/mol. The van der Waals surface area contributed by atoms with Gasteiger partial charge in [0.25, 0.3) is 0 Å². The first kappa shape index (κ1) is 18.1. The van der Waals surface area contributed by atoms with Crippen LogP contribution in [-0.4, -0.2) is 23.3 Å². The standard InChI is InChI=1S/C24H28O5/c1-22-9-7-15(25)11-14(22)4-5-17-16(22)8-10-23(2)19(13-3-6-18(26)28-12-13)20(27)21-24(17,23)29-21/h3,6,12,14,16-17,19,21H,4-5,7-11H2,1-2H3/t14-,16+,17?,19+,21-,22+,23-,24?/m1/s1. The van der Waals surface area contributed by atoms with Gasteiger partial charge in [-0.25, -0.2) is 4.79 Å². The van der Waals surface area contributed by atoms with Crippen LogP contribution in [0, 0.1) is 28.6 Å². The third-order valence-corrected chi connectivity index (χ3v) is 9.81. The van der Waals surface area contributed by atoms with Crippen LogP contribution in [0.25, 0.3) is 0 Å². The van der Waals surface area contributed by atoms with Crippen molar-refractivity contribution in [2.24, 2.45) is 28.6 Å². The van der Waals surface area contributed by atoms with E-state index in [1.807, 2.05) is 0 Å². The van der Waals surface area contributed by atoms with E-state index in [0.29, 0.717) is 30.0 Å². The third-order valence-electron chi connectivity index (χ3n) is 9.81. The largest absolute Gasteiger partial charge is 0.431 e. The maximum Gasteiger partial charge on any atom is 0.335 e. The van der Waals surface area contributed by atoms with E-state index in [1.54, 1.807) is 6.07 Å². The average Bonchev–Trinajstić information content (AvgIpc) is 3.40. The number of hydrogen-bond donors (Lipinski definition) is 0. The van der Waals surface area contributed by atoms with E-state index in [-0.39, 0.29) is 39.9 Å². The summed E-state index contributed by atoms with van der Waals surface area (Å²) >= 11 is 0. The van der Waals surface area contributed by atoms with Crippen molar-refractivity contribution in [3.63, 3.8) is 0 Å². The van der Waals surface area contributed by atoms with E-state index in [9.17, 15) is 14.4 Å². The fraction of sp³-hybridized carbons (Fsp3) is 0.708. The summed E-state index contributed by atoms with van der Waals surface area (Å²) in [5, 5.41) is 0. The predicted octanol–water partition coefficient (Wildman–Crippen LogP) is 3.65. The number of rotatable bonds is 1. The number of carbonyl (C=O) groups excluding carboxylic acids is 2. The summed E-state index contributed by atoms with van der Waals surface area (Å²) in [7, 11) is 0. The van der Waals surface area contributed by atoms with E-state index in [4.69, 9.17) is 9.15 Å². The maximum atomic E-state index is 13.4. The van der Waals surface area contributed by atoms with Gasteiger partial charge in [0.05, 0.1) is 12.2 Å². The molecule has 1 spiro atoms. The van der Waals surface area contributed by atoms with Gasteiger partial charge in [-0.1, -0.05) is 13.8 Å². The van der Waals surface area contributed by atoms with Crippen LogP contribution < -0.4 is 5.63 Å². The maximum absolute atomic E-state index is 13.4. The SMILES string of the molecule is C[C@]12CCC(=O)C[C@H]1CCC1[C@@H]2CC[C@]2(C)[C@@H](c3ccc(=O)oc3)C(=O)[C@H]3OC132. The summed E-state index contributed by atoms with van der Waals surface area (Å²) in [6, 6.07) is 3.18. The number of carbonyl (C=O) groups is 2. The van der Waals surface area contributed by atoms with Crippen molar-refractivity contribution in [1.82, 2.24) is 0 Å². The zero-order valence-corrected chi connectivity index (χ0v) is 17.1. The number of hydrogen-bond acceptors (Lipinski definition) is 5. The van der Waals surface area contributed by atoms with Crippen molar-refractivity contribution in [3.05, 3.63) is 34.4 Å². The first-order valence-electron chi connectivity index (χ1n) is 11.1. The van der Waals surface area contributed by atoms with Crippen molar-refractivity contribution in [2.75, 3.05) is 0 Å². The van der Waals surface area contributed by atoms with Crippen LogP contribution in [0.4, 0.5) is 0 Å². The van der Waals surface area contributed by atoms with Crippen molar-refractivity contribution in [3.8, 4) is 0 Å². The highest BCUT2D eigenvalue weighted by Crippen LogP contribution is 2.76. The highest BCUT2D eigenvalue weighted by molar-refractivity contribution is 5.98. The Morgan fingerprint density at radius 3 is 2.59 bits per heavy atom. The van der Waals surface area contributed by atoms with Crippen molar-refractivity contribution < 1.29 is 18.7 Å². The summed E-state index contributed by atoms with van der Waals surface area (Å²) in [6.07, 6.45) is 7.72. The molecule has 5 fully saturated rings. The molecular weight excluding hydrogens is 368 g/mol. The smallest absolute Gasteiger partial charge is 0.335 e. The third kappa shape index (κ3) is 2.03. The van der Waals surface area contributed by atoms with Crippen LogP contribution in [0.1, 0.15) is 70.3 Å². The van der Waals surface area contributed by atoms with E-state index < -0.39 is 0 Å². The Hall–Kier alpha value is -1.75. The number of Topliss-reactive ketones (excluding diaryl/α,β-unsaturated/α-hetero) is 2. The Morgan fingerprint density at radius 2 is 1.83 bits per heavy atom. The Bertz CT molecular complexity index is 959. The summed E-state index contributed by atoms with van der Waals surface area (Å²) in [5.41, 5.74) is -0.0206. The van der Waals surface area contributed by atoms with Gasteiger partial charge in [0.1, 0.15) is 17.5 Å². The molecule has 1 saturated heterocycles. The molecule has 1 aliphatic heterocycles. The molecule has 2 unspecified atom stereocenters. The summed E-state index contributed by atoms with van der Waals surface area (Å²) in [6.45, 7) is 4.63. The molecule has 0 aromatic carbocycles. The molecule has 0 radical (unpaired) electrons. The number of ether oxygens (including phenoxy) is 1. The fourth-order valence-corrected chi connectivity index (χ4v) is 8.35. The molecule has 5 aliphatic rings. The monoisotopic (exact) mass is 396 g/mol. The minimum absolute atomic E-state index is 0.160. The molecule has 0 bridgehead atoms. The molecule has 5 nitrogen and oxygen atoms in total. The van der Waals surface area contributed by atoms with Crippen LogP contribution in [0.2, 0.25) is 0 Å². The van der Waals surface area contributed by atoms with Crippen LogP contribution in [0.3, 0.4) is 0 Å². The van der Waals surface area contributed by atoms with Gasteiger partial charge in [-0.15, -0.1) is 0 Å². The quantitative estimate of drug-likeness (QED) is 0.677. The van der Waals surface area contributed by atoms with Gasteiger partial charge in [-0.2, -0.15) is 0 Å². The van der Waals surface area contributed by atoms with E-state index in [2.05, 4.69) is 13.8 Å². The molecular formula is C24H28O5. The lowest BCUT2D eigenvalue weighted by Gasteiger charge is -2.60. The van der Waals surface area contributed by atoms with E-state index >= 15 is 0 Å². The molecule has 1 aromatic heterocycles. The second-order valence-corrected chi connectivity index (χ2v) is 10.7. The van der Waals surface area contributed by atoms with Crippen LogP contribution >= 0.6 is 0 Å². The zero-order chi connectivity index (χ0) is 20.2. The van der Waals surface area contributed by atoms with Gasteiger partial charge in [-0.05, 0) is 66.9 Å². The van der Waals surface area contributed by atoms with Crippen molar-refractivity contribution in [2.45, 2.75) is 76.4 Å². The van der Waals surface area contributed by atoms with Gasteiger partial charge in [0.2, 0.25) is 0 Å². The van der Waals surface area contributed by atoms with Crippen molar-refractivity contribution >= 4 is 11.6 Å². The second-order valence-electron chi connectivity index (χ2n) is 10.7. The highest BCUT2D eigenvalue weighted by atomic mass is 16.6. The Labute approximate surface area is 170 Å². The second kappa shape index (κ2) is 5.48. The van der Waals surface area contributed by atoms with Gasteiger partial charge in [-0.3, -0.25) is 9.59 Å². The molecule has 0 N–H and O–H groups in total. The first-order chi connectivity index (χ1) is 13.8. The zero-order valence-electron chi connectivity index (χ0n) is 17.1. The molecule has 2 heterocycles. The normalized spacial score (nSPS) is 50.3. The first-order valence-corrected chi connectivity index (χ1v) is 11.1. The van der Waals surface area contributed by atoms with Gasteiger partial charge in [0, 0.05) is 24.3 Å². The van der Waals surface area contributed by atoms with Crippen LogP contribution in [0.5, 0.6) is 0 Å². The van der Waals surface area contributed by atoms with Gasteiger partial charge < -0.3 is 9.15 Å². The summed E-state index contributed by atoms with van der Waals surface area (Å²) in [5.74, 6) is 1.71. The number of ketones is 2. The van der Waals surface area contributed by atoms with Gasteiger partial charge >= 0.3 is 5.63 Å². The molecule has 154 valence electrons. The van der Waals surface area contributed by atoms with Gasteiger partial charge in [0.15, 0.2) is 5.78 Å². The lowest BCUT2D eigenvalue weighted by molar-refractivity contribution is -0.147. The van der Waals surface area contributed by atoms with Crippen LogP contribution in [-0.2, 0) is 14.3 Å². The Balaban J connectivity index is 1.40. The lowest BCUT2D eigenvalue weighted by atomic mass is 9.44. The van der Waals surface area contributed by atoms with E-state index in [1.165, 1.54) is 12.3 Å². The van der Waals surface area contributed by atoms with Crippen molar-refractivity contribution in [1.29, 1.82) is 0 Å². The lowest BCUT2D eigenvalue weighted by Crippen LogP contribution is -2.58. The molecule has 29 heavy (non-hydrogen) atoms. The highest BCUT2D eigenvalue weighted by Gasteiger charge is 2.84. The molecule has 4 aliphatic carbocycles. The topological polar surface area (TPSA) is 76.9 Å².